The third-order valence-corrected chi connectivity index (χ3v) is 6.59. The zero-order valence-corrected chi connectivity index (χ0v) is 20.7. The lowest BCUT2D eigenvalue weighted by molar-refractivity contribution is 0.249. The Morgan fingerprint density at radius 1 is 0.882 bits per heavy atom. The minimum Gasteiger partial charge on any atom is -0.353 e. The molecule has 0 saturated carbocycles. The van der Waals surface area contributed by atoms with Gasteiger partial charge in [0.2, 0.25) is 0 Å². The molecule has 0 aliphatic carbocycles. The maximum atomic E-state index is 4.87. The van der Waals surface area contributed by atoms with Crippen LogP contribution in [0.25, 0.3) is 11.3 Å². The molecule has 3 aromatic heterocycles. The first kappa shape index (κ1) is 23.9. The molecule has 0 atom stereocenters. The van der Waals surface area contributed by atoms with Gasteiger partial charge >= 0.3 is 0 Å². The minimum absolute atomic E-state index is 0. The normalized spacial score (nSPS) is 14.3. The van der Waals surface area contributed by atoms with Crippen LogP contribution in [0.3, 0.4) is 0 Å². The minimum atomic E-state index is 0. The summed E-state index contributed by atoms with van der Waals surface area (Å²) < 4.78 is 4.16. The van der Waals surface area contributed by atoms with Gasteiger partial charge in [-0.3, -0.25) is 14.6 Å². The average Bonchev–Trinajstić information content (AvgIpc) is 3.38. The predicted molar refractivity (Wildman–Crippen MR) is 136 cm³/mol. The second-order valence-corrected chi connectivity index (χ2v) is 8.66. The van der Waals surface area contributed by atoms with Crippen LogP contribution >= 0.6 is 12.4 Å². The Labute approximate surface area is 206 Å². The Balaban J connectivity index is 0.00000274. The van der Waals surface area contributed by atoms with E-state index in [1.807, 2.05) is 37.2 Å². The van der Waals surface area contributed by atoms with Crippen LogP contribution in [-0.2, 0) is 20.1 Å². The van der Waals surface area contributed by atoms with Gasteiger partial charge in [-0.2, -0.15) is 5.10 Å². The number of aryl methyl sites for hydroxylation is 2. The first-order chi connectivity index (χ1) is 16.1. The van der Waals surface area contributed by atoms with Crippen LogP contribution in [0.2, 0.25) is 0 Å². The molecular formula is C25H31ClN8. The fourth-order valence-electron chi connectivity index (χ4n) is 4.42. The number of benzene rings is 1. The smallest absolute Gasteiger partial charge is 0.147 e. The predicted octanol–water partition coefficient (Wildman–Crippen LogP) is 3.48. The van der Waals surface area contributed by atoms with Crippen LogP contribution in [0.5, 0.6) is 0 Å². The van der Waals surface area contributed by atoms with Crippen LogP contribution in [0.1, 0.15) is 22.6 Å². The van der Waals surface area contributed by atoms with Gasteiger partial charge in [0.15, 0.2) is 0 Å². The standard InChI is InChI=1S/C25H30N8.ClH/c1-19-23(18-31-12-14-32(15-13-31)24-16-26-8-9-28-24)25(29-30(19)3)22-6-4-21(5-7-22)17-33-11-10-27-20(33)2;/h4-11,16H,12-15,17-18H2,1-3H3;1H. The molecule has 4 aromatic rings. The quantitative estimate of drug-likeness (QED) is 0.422. The zero-order valence-electron chi connectivity index (χ0n) is 19.9. The molecule has 5 rings (SSSR count). The number of hydrogen-bond acceptors (Lipinski definition) is 6. The molecule has 8 nitrogen and oxygen atoms in total. The molecule has 0 unspecified atom stereocenters. The summed E-state index contributed by atoms with van der Waals surface area (Å²) >= 11 is 0. The molecule has 0 spiro atoms. The van der Waals surface area contributed by atoms with E-state index in [-0.39, 0.29) is 12.4 Å². The van der Waals surface area contributed by atoms with Gasteiger partial charge in [0.1, 0.15) is 11.6 Å². The fraction of sp³-hybridized carbons (Fsp3) is 0.360. The highest BCUT2D eigenvalue weighted by atomic mass is 35.5. The number of imidazole rings is 1. The molecule has 178 valence electrons. The van der Waals surface area contributed by atoms with Crippen molar-refractivity contribution in [2.45, 2.75) is 26.9 Å². The summed E-state index contributed by atoms with van der Waals surface area (Å²) in [6.45, 7) is 9.82. The second kappa shape index (κ2) is 10.4. The van der Waals surface area contributed by atoms with E-state index in [4.69, 9.17) is 5.10 Å². The van der Waals surface area contributed by atoms with Gasteiger partial charge in [0, 0.05) is 87.9 Å². The van der Waals surface area contributed by atoms with Crippen molar-refractivity contribution in [1.29, 1.82) is 0 Å². The van der Waals surface area contributed by atoms with Gasteiger partial charge in [-0.15, -0.1) is 12.4 Å². The number of aromatic nitrogens is 6. The molecule has 9 heteroatoms. The van der Waals surface area contributed by atoms with E-state index in [1.165, 1.54) is 16.8 Å². The van der Waals surface area contributed by atoms with E-state index in [9.17, 15) is 0 Å². The fourth-order valence-corrected chi connectivity index (χ4v) is 4.42. The molecular weight excluding hydrogens is 448 g/mol. The van der Waals surface area contributed by atoms with Crippen molar-refractivity contribution < 1.29 is 0 Å². The highest BCUT2D eigenvalue weighted by Gasteiger charge is 2.22. The number of rotatable bonds is 6. The van der Waals surface area contributed by atoms with Crippen molar-refractivity contribution in [2.24, 2.45) is 7.05 Å². The first-order valence-electron chi connectivity index (χ1n) is 11.4. The van der Waals surface area contributed by atoms with E-state index >= 15 is 0 Å². The summed E-state index contributed by atoms with van der Waals surface area (Å²) in [4.78, 5) is 17.8. The number of nitrogens with zero attached hydrogens (tertiary/aromatic N) is 8. The molecule has 1 aliphatic rings. The Morgan fingerprint density at radius 2 is 1.65 bits per heavy atom. The Bertz CT molecular complexity index is 1210. The third-order valence-electron chi connectivity index (χ3n) is 6.59. The molecule has 0 N–H and O–H groups in total. The largest absolute Gasteiger partial charge is 0.353 e. The van der Waals surface area contributed by atoms with Crippen LogP contribution in [0.15, 0.2) is 55.2 Å². The molecule has 1 aromatic carbocycles. The monoisotopic (exact) mass is 478 g/mol. The molecule has 1 saturated heterocycles. The van der Waals surface area contributed by atoms with E-state index in [1.54, 1.807) is 12.4 Å². The highest BCUT2D eigenvalue weighted by molar-refractivity contribution is 5.85. The molecule has 1 aliphatic heterocycles. The van der Waals surface area contributed by atoms with Crippen molar-refractivity contribution in [3.8, 4) is 11.3 Å². The maximum absolute atomic E-state index is 4.87. The SMILES string of the molecule is Cc1nccn1Cc1ccc(-c2nn(C)c(C)c2CN2CCN(c3cnccn3)CC2)cc1.Cl. The molecule has 0 bridgehead atoms. The van der Waals surface area contributed by atoms with E-state index in [0.717, 1.165) is 62.2 Å². The van der Waals surface area contributed by atoms with Gasteiger partial charge in [-0.25, -0.2) is 9.97 Å². The Morgan fingerprint density at radius 3 is 2.29 bits per heavy atom. The molecule has 1 fully saturated rings. The Kier molecular flexibility index (Phi) is 7.29. The number of anilines is 1. The van der Waals surface area contributed by atoms with Crippen LogP contribution in [-0.4, -0.2) is 60.4 Å². The van der Waals surface area contributed by atoms with E-state index in [0.29, 0.717) is 0 Å². The molecule has 0 amide bonds. The van der Waals surface area contributed by atoms with Crippen molar-refractivity contribution in [1.82, 2.24) is 34.2 Å². The van der Waals surface area contributed by atoms with Crippen molar-refractivity contribution in [3.63, 3.8) is 0 Å². The highest BCUT2D eigenvalue weighted by Crippen LogP contribution is 2.27. The summed E-state index contributed by atoms with van der Waals surface area (Å²) in [7, 11) is 2.03. The number of piperazine rings is 1. The van der Waals surface area contributed by atoms with Gasteiger partial charge in [0.05, 0.1) is 11.9 Å². The number of halogens is 1. The topological polar surface area (TPSA) is 67.9 Å². The van der Waals surface area contributed by atoms with Crippen LogP contribution in [0, 0.1) is 13.8 Å². The Hall–Kier alpha value is -3.23. The van der Waals surface area contributed by atoms with Crippen molar-refractivity contribution in [2.75, 3.05) is 31.1 Å². The van der Waals surface area contributed by atoms with E-state index < -0.39 is 0 Å². The third kappa shape index (κ3) is 4.98. The lowest BCUT2D eigenvalue weighted by Crippen LogP contribution is -2.46. The van der Waals surface area contributed by atoms with Crippen molar-refractivity contribution >= 4 is 18.2 Å². The van der Waals surface area contributed by atoms with Gasteiger partial charge < -0.3 is 9.47 Å². The van der Waals surface area contributed by atoms with Gasteiger partial charge in [-0.1, -0.05) is 24.3 Å². The zero-order chi connectivity index (χ0) is 22.8. The van der Waals surface area contributed by atoms with Crippen LogP contribution in [0.4, 0.5) is 5.82 Å². The average molecular weight is 479 g/mol. The second-order valence-electron chi connectivity index (χ2n) is 8.66. The first-order valence-corrected chi connectivity index (χ1v) is 11.4. The summed E-state index contributed by atoms with van der Waals surface area (Å²) in [5.74, 6) is 1.99. The van der Waals surface area contributed by atoms with Gasteiger partial charge in [0.25, 0.3) is 0 Å². The van der Waals surface area contributed by atoms with E-state index in [2.05, 4.69) is 60.5 Å². The lowest BCUT2D eigenvalue weighted by atomic mass is 10.0. The van der Waals surface area contributed by atoms with Crippen molar-refractivity contribution in [3.05, 3.63) is 77.9 Å². The molecule has 4 heterocycles. The lowest BCUT2D eigenvalue weighted by Gasteiger charge is -2.35. The number of hydrogen-bond donors (Lipinski definition) is 0. The molecule has 34 heavy (non-hydrogen) atoms. The maximum Gasteiger partial charge on any atom is 0.147 e. The summed E-state index contributed by atoms with van der Waals surface area (Å²) in [6, 6.07) is 8.78. The van der Waals surface area contributed by atoms with Gasteiger partial charge in [-0.05, 0) is 19.4 Å². The summed E-state index contributed by atoms with van der Waals surface area (Å²) in [5, 5.41) is 4.87. The molecule has 0 radical (unpaired) electrons. The summed E-state index contributed by atoms with van der Waals surface area (Å²) in [5.41, 5.74) is 6.03. The summed E-state index contributed by atoms with van der Waals surface area (Å²) in [6.07, 6.45) is 9.19. The van der Waals surface area contributed by atoms with Crippen LogP contribution < -0.4 is 4.90 Å².